The average Bonchev–Trinajstić information content (AvgIpc) is 3.53. The van der Waals surface area contributed by atoms with Crippen LogP contribution in [-0.2, 0) is 32.4 Å². The van der Waals surface area contributed by atoms with Crippen LogP contribution in [0.25, 0.3) is 6.08 Å². The predicted octanol–water partition coefficient (Wildman–Crippen LogP) is 3.60. The highest BCUT2D eigenvalue weighted by Crippen LogP contribution is 2.26. The Morgan fingerprint density at radius 2 is 1.86 bits per heavy atom. The first-order valence-electron chi connectivity index (χ1n) is 11.9. The number of allylic oxidation sites excluding steroid dienone is 1. The van der Waals surface area contributed by atoms with Gasteiger partial charge in [0.25, 0.3) is 5.91 Å². The molecule has 0 saturated carbocycles. The summed E-state index contributed by atoms with van der Waals surface area (Å²) in [6.07, 6.45) is 10.2. The first kappa shape index (κ1) is 22.6. The van der Waals surface area contributed by atoms with Crippen molar-refractivity contribution >= 4 is 12.0 Å². The summed E-state index contributed by atoms with van der Waals surface area (Å²) in [5.74, 6) is -0.255. The van der Waals surface area contributed by atoms with Gasteiger partial charge in [0.2, 0.25) is 0 Å². The molecule has 0 atom stereocenters. The maximum Gasteiger partial charge on any atom is 0.273 e. The van der Waals surface area contributed by atoms with E-state index in [1.54, 1.807) is 17.1 Å². The number of amides is 1. The summed E-state index contributed by atoms with van der Waals surface area (Å²) < 4.78 is 1.71. The third-order valence-electron chi connectivity index (χ3n) is 5.98. The van der Waals surface area contributed by atoms with Crippen molar-refractivity contribution in [3.63, 3.8) is 0 Å². The Labute approximate surface area is 204 Å². The van der Waals surface area contributed by atoms with Gasteiger partial charge < -0.3 is 5.32 Å². The molecule has 0 spiro atoms. The van der Waals surface area contributed by atoms with Crippen LogP contribution in [0, 0.1) is 0 Å². The second kappa shape index (κ2) is 10.8. The lowest BCUT2D eigenvalue weighted by molar-refractivity contribution is 0.0945. The van der Waals surface area contributed by atoms with E-state index >= 15 is 0 Å². The van der Waals surface area contributed by atoms with Gasteiger partial charge >= 0.3 is 0 Å². The highest BCUT2D eigenvalue weighted by Gasteiger charge is 2.16. The number of aromatic nitrogens is 6. The molecule has 0 fully saturated rings. The molecule has 8 nitrogen and oxygen atoms in total. The number of unbranched alkanes of at least 4 members (excludes halogenated alkanes) is 1. The minimum absolute atomic E-state index is 0.255. The molecule has 1 aliphatic rings. The molecular weight excluding hydrogens is 438 g/mol. The SMILES string of the molecule is O=C(NCc1ccccn1)c1cn(CCCCc2cc3c(nn2)CC(Cc2ccccc2)=C3)nn1. The van der Waals surface area contributed by atoms with Gasteiger partial charge in [-0.3, -0.25) is 14.5 Å². The summed E-state index contributed by atoms with van der Waals surface area (Å²) >= 11 is 0. The Hall–Kier alpha value is -4.20. The van der Waals surface area contributed by atoms with Crippen LogP contribution in [0.15, 0.2) is 72.6 Å². The van der Waals surface area contributed by atoms with Crippen LogP contribution >= 0.6 is 0 Å². The number of rotatable bonds is 10. The summed E-state index contributed by atoms with van der Waals surface area (Å²) in [7, 11) is 0. The zero-order valence-corrected chi connectivity index (χ0v) is 19.5. The van der Waals surface area contributed by atoms with Crippen LogP contribution < -0.4 is 5.32 Å². The van der Waals surface area contributed by atoms with Crippen molar-refractivity contribution in [2.45, 2.75) is 45.2 Å². The molecular formula is C27H27N7O. The molecule has 35 heavy (non-hydrogen) atoms. The minimum atomic E-state index is -0.255. The Balaban J connectivity index is 1.07. The molecule has 3 heterocycles. The van der Waals surface area contributed by atoms with Gasteiger partial charge in [-0.15, -0.1) is 5.10 Å². The number of hydrogen-bond donors (Lipinski definition) is 1. The molecule has 0 bridgehead atoms. The van der Waals surface area contributed by atoms with Crippen molar-refractivity contribution in [1.29, 1.82) is 0 Å². The number of hydrogen-bond acceptors (Lipinski definition) is 6. The van der Waals surface area contributed by atoms with Crippen LogP contribution in [0.5, 0.6) is 0 Å². The lowest BCUT2D eigenvalue weighted by atomic mass is 10.0. The second-order valence-corrected chi connectivity index (χ2v) is 8.71. The van der Waals surface area contributed by atoms with Crippen molar-refractivity contribution in [3.05, 3.63) is 106 Å². The Bertz CT molecular complexity index is 1320. The molecule has 1 N–H and O–H groups in total. The smallest absolute Gasteiger partial charge is 0.273 e. The summed E-state index contributed by atoms with van der Waals surface area (Å²) in [6, 6.07) is 18.3. The summed E-state index contributed by atoms with van der Waals surface area (Å²) in [5.41, 5.74) is 7.07. The molecule has 1 amide bonds. The lowest BCUT2D eigenvalue weighted by Crippen LogP contribution is -2.23. The van der Waals surface area contributed by atoms with Crippen molar-refractivity contribution in [2.75, 3.05) is 0 Å². The highest BCUT2D eigenvalue weighted by molar-refractivity contribution is 5.91. The standard InChI is InChI=1S/C27H27N7O/c35-27(29-18-24-11-4-6-12-28-24)26-19-34(33-32-26)13-7-5-10-23-17-22-15-21(16-25(22)31-30-23)14-20-8-2-1-3-9-20/h1-4,6,8-9,11-12,15,17,19H,5,7,10,13-14,16,18H2,(H,29,35). The van der Waals surface area contributed by atoms with Gasteiger partial charge in [-0.2, -0.15) is 10.2 Å². The molecule has 0 aliphatic heterocycles. The van der Waals surface area contributed by atoms with Gasteiger partial charge in [-0.05, 0) is 55.0 Å². The molecule has 8 heteroatoms. The quantitative estimate of drug-likeness (QED) is 0.359. The molecule has 1 aromatic carbocycles. The summed E-state index contributed by atoms with van der Waals surface area (Å²) in [6.45, 7) is 1.05. The summed E-state index contributed by atoms with van der Waals surface area (Å²) in [4.78, 5) is 16.5. The van der Waals surface area contributed by atoms with Crippen molar-refractivity contribution < 1.29 is 4.79 Å². The van der Waals surface area contributed by atoms with E-state index in [4.69, 9.17) is 0 Å². The first-order chi connectivity index (χ1) is 17.2. The van der Waals surface area contributed by atoms with E-state index in [0.29, 0.717) is 18.8 Å². The van der Waals surface area contributed by atoms with E-state index < -0.39 is 0 Å². The largest absolute Gasteiger partial charge is 0.345 e. The predicted molar refractivity (Wildman–Crippen MR) is 132 cm³/mol. The number of nitrogens with zero attached hydrogens (tertiary/aromatic N) is 6. The molecule has 176 valence electrons. The average molecular weight is 466 g/mol. The van der Waals surface area contributed by atoms with Gasteiger partial charge in [0.15, 0.2) is 5.69 Å². The summed E-state index contributed by atoms with van der Waals surface area (Å²) in [5, 5.41) is 19.8. The fourth-order valence-electron chi connectivity index (χ4n) is 4.17. The number of fused-ring (bicyclic) bond motifs is 1. The first-order valence-corrected chi connectivity index (χ1v) is 11.9. The van der Waals surface area contributed by atoms with E-state index in [9.17, 15) is 4.79 Å². The normalized spacial score (nSPS) is 12.3. The van der Waals surface area contributed by atoms with E-state index in [0.717, 1.165) is 49.2 Å². The highest BCUT2D eigenvalue weighted by atomic mass is 16.2. The van der Waals surface area contributed by atoms with Gasteiger partial charge in [0.05, 0.1) is 29.8 Å². The zero-order valence-electron chi connectivity index (χ0n) is 19.5. The van der Waals surface area contributed by atoms with Gasteiger partial charge in [0.1, 0.15) is 0 Å². The third-order valence-corrected chi connectivity index (χ3v) is 5.98. The van der Waals surface area contributed by atoms with E-state index in [1.807, 2.05) is 24.3 Å². The zero-order chi connectivity index (χ0) is 23.9. The number of carbonyl (C=O) groups is 1. The van der Waals surface area contributed by atoms with Gasteiger partial charge in [0, 0.05) is 19.2 Å². The van der Waals surface area contributed by atoms with Gasteiger partial charge in [-0.1, -0.05) is 53.3 Å². The van der Waals surface area contributed by atoms with Crippen LogP contribution in [0.2, 0.25) is 0 Å². The maximum absolute atomic E-state index is 12.3. The molecule has 4 aromatic rings. The Morgan fingerprint density at radius 3 is 2.71 bits per heavy atom. The van der Waals surface area contributed by atoms with Gasteiger partial charge in [-0.25, -0.2) is 0 Å². The Morgan fingerprint density at radius 1 is 0.971 bits per heavy atom. The second-order valence-electron chi connectivity index (χ2n) is 8.71. The fraction of sp³-hybridized carbons (Fsp3) is 0.259. The monoisotopic (exact) mass is 465 g/mol. The number of aryl methyl sites for hydroxylation is 2. The molecule has 1 aliphatic carbocycles. The number of carbonyl (C=O) groups excluding carboxylic acids is 1. The minimum Gasteiger partial charge on any atom is -0.345 e. The molecule has 0 saturated heterocycles. The van der Waals surface area contributed by atoms with Crippen LogP contribution in [0.3, 0.4) is 0 Å². The van der Waals surface area contributed by atoms with E-state index in [2.05, 4.69) is 67.2 Å². The number of nitrogens with one attached hydrogen (secondary N) is 1. The molecule has 5 rings (SSSR count). The van der Waals surface area contributed by atoms with E-state index in [-0.39, 0.29) is 5.91 Å². The molecule has 0 unspecified atom stereocenters. The van der Waals surface area contributed by atoms with E-state index in [1.165, 1.54) is 16.7 Å². The molecule has 3 aromatic heterocycles. The molecule has 0 radical (unpaired) electrons. The maximum atomic E-state index is 12.3. The Kier molecular flexibility index (Phi) is 6.98. The van der Waals surface area contributed by atoms with Crippen molar-refractivity contribution in [1.82, 2.24) is 35.5 Å². The lowest BCUT2D eigenvalue weighted by Gasteiger charge is -2.03. The fourth-order valence-corrected chi connectivity index (χ4v) is 4.17. The number of pyridine rings is 1. The number of benzene rings is 1. The van der Waals surface area contributed by atoms with Crippen molar-refractivity contribution in [2.24, 2.45) is 0 Å². The van der Waals surface area contributed by atoms with Crippen molar-refractivity contribution in [3.8, 4) is 0 Å². The van der Waals surface area contributed by atoms with Crippen LogP contribution in [0.1, 0.15) is 51.5 Å². The van der Waals surface area contributed by atoms with Crippen LogP contribution in [0.4, 0.5) is 0 Å². The third kappa shape index (κ3) is 6.03. The van der Waals surface area contributed by atoms with Crippen LogP contribution in [-0.4, -0.2) is 36.1 Å². The topological polar surface area (TPSA) is 98.5 Å².